The zero-order chi connectivity index (χ0) is 14.2. The Balaban J connectivity index is 2.25. The summed E-state index contributed by atoms with van der Waals surface area (Å²) in [4.78, 5) is 13.5. The van der Waals surface area contributed by atoms with Gasteiger partial charge in [0.05, 0.1) is 0 Å². The van der Waals surface area contributed by atoms with Crippen LogP contribution >= 0.6 is 0 Å². The summed E-state index contributed by atoms with van der Waals surface area (Å²) in [5, 5.41) is 0.977. The Kier molecular flexibility index (Phi) is 3.27. The van der Waals surface area contributed by atoms with Crippen molar-refractivity contribution in [3.63, 3.8) is 0 Å². The van der Waals surface area contributed by atoms with E-state index in [1.807, 2.05) is 52.0 Å². The third kappa shape index (κ3) is 3.08. The van der Waals surface area contributed by atoms with Crippen molar-refractivity contribution in [2.45, 2.75) is 33.3 Å². The molecule has 1 heterocycles. The first-order chi connectivity index (χ1) is 8.76. The molecule has 1 aromatic heterocycles. The number of furan rings is 1. The summed E-state index contributed by atoms with van der Waals surface area (Å²) in [7, 11) is 1.70. The summed E-state index contributed by atoms with van der Waals surface area (Å²) < 4.78 is 10.8. The molecule has 0 aliphatic heterocycles. The third-order valence-electron chi connectivity index (χ3n) is 2.68. The number of rotatable bonds is 1. The first-order valence-electron chi connectivity index (χ1n) is 6.23. The van der Waals surface area contributed by atoms with E-state index >= 15 is 0 Å². The van der Waals surface area contributed by atoms with Gasteiger partial charge in [0.2, 0.25) is 0 Å². The molecule has 0 spiro atoms. The molecule has 1 aromatic carbocycles. The predicted octanol–water partition coefficient (Wildman–Crippen LogP) is 4.11. The van der Waals surface area contributed by atoms with Crippen molar-refractivity contribution in [1.29, 1.82) is 0 Å². The SMILES string of the molecule is Cc1cc2cc(N(C)C(=O)OC(C)(C)C)ccc2o1. The topological polar surface area (TPSA) is 42.7 Å². The second-order valence-electron chi connectivity index (χ2n) is 5.62. The zero-order valence-corrected chi connectivity index (χ0v) is 12.0. The summed E-state index contributed by atoms with van der Waals surface area (Å²) in [5.74, 6) is 0.854. The Morgan fingerprint density at radius 1 is 1.26 bits per heavy atom. The Labute approximate surface area is 112 Å². The van der Waals surface area contributed by atoms with Gasteiger partial charge in [-0.15, -0.1) is 0 Å². The Morgan fingerprint density at radius 2 is 1.95 bits per heavy atom. The van der Waals surface area contributed by atoms with E-state index in [9.17, 15) is 4.79 Å². The molecule has 2 rings (SSSR count). The van der Waals surface area contributed by atoms with E-state index in [1.165, 1.54) is 4.90 Å². The van der Waals surface area contributed by atoms with Gasteiger partial charge >= 0.3 is 6.09 Å². The highest BCUT2D eigenvalue weighted by molar-refractivity contribution is 5.91. The predicted molar refractivity (Wildman–Crippen MR) is 75.6 cm³/mol. The normalized spacial score (nSPS) is 11.6. The van der Waals surface area contributed by atoms with E-state index in [-0.39, 0.29) is 6.09 Å². The van der Waals surface area contributed by atoms with Crippen LogP contribution < -0.4 is 4.90 Å². The van der Waals surface area contributed by atoms with Gasteiger partial charge in [0.25, 0.3) is 0 Å². The van der Waals surface area contributed by atoms with Crippen LogP contribution in [0, 0.1) is 6.92 Å². The molecule has 0 fully saturated rings. The number of hydrogen-bond acceptors (Lipinski definition) is 3. The Morgan fingerprint density at radius 3 is 2.58 bits per heavy atom. The number of fused-ring (bicyclic) bond motifs is 1. The highest BCUT2D eigenvalue weighted by atomic mass is 16.6. The van der Waals surface area contributed by atoms with Crippen LogP contribution in [0.4, 0.5) is 10.5 Å². The molecule has 102 valence electrons. The monoisotopic (exact) mass is 261 g/mol. The van der Waals surface area contributed by atoms with Gasteiger partial charge in [0, 0.05) is 18.1 Å². The Hall–Kier alpha value is -1.97. The third-order valence-corrected chi connectivity index (χ3v) is 2.68. The molecule has 2 aromatic rings. The maximum atomic E-state index is 12.0. The number of benzene rings is 1. The van der Waals surface area contributed by atoms with E-state index in [0.717, 1.165) is 22.4 Å². The average Bonchev–Trinajstić information content (AvgIpc) is 2.64. The van der Waals surface area contributed by atoms with E-state index in [1.54, 1.807) is 7.05 Å². The molecule has 0 radical (unpaired) electrons. The van der Waals surface area contributed by atoms with Crippen LogP contribution in [0.5, 0.6) is 0 Å². The second kappa shape index (κ2) is 4.61. The van der Waals surface area contributed by atoms with Crippen LogP contribution in [0.25, 0.3) is 11.0 Å². The fourth-order valence-corrected chi connectivity index (χ4v) is 1.81. The van der Waals surface area contributed by atoms with Gasteiger partial charge < -0.3 is 9.15 Å². The van der Waals surface area contributed by atoms with Crippen molar-refractivity contribution in [1.82, 2.24) is 0 Å². The largest absolute Gasteiger partial charge is 0.461 e. The molecule has 0 bridgehead atoms. The highest BCUT2D eigenvalue weighted by Crippen LogP contribution is 2.25. The van der Waals surface area contributed by atoms with Crippen molar-refractivity contribution >= 4 is 22.7 Å². The molecule has 0 saturated carbocycles. The molecule has 19 heavy (non-hydrogen) atoms. The number of hydrogen-bond donors (Lipinski definition) is 0. The van der Waals surface area contributed by atoms with Crippen LogP contribution in [0.3, 0.4) is 0 Å². The fraction of sp³-hybridized carbons (Fsp3) is 0.400. The fourth-order valence-electron chi connectivity index (χ4n) is 1.81. The number of ether oxygens (including phenoxy) is 1. The van der Waals surface area contributed by atoms with E-state index in [2.05, 4.69) is 0 Å². The van der Waals surface area contributed by atoms with Crippen LogP contribution in [0.1, 0.15) is 26.5 Å². The summed E-state index contributed by atoms with van der Waals surface area (Å²) in [6.07, 6.45) is -0.368. The van der Waals surface area contributed by atoms with Crippen molar-refractivity contribution in [2.75, 3.05) is 11.9 Å². The molecule has 0 unspecified atom stereocenters. The van der Waals surface area contributed by atoms with Crippen molar-refractivity contribution in [2.24, 2.45) is 0 Å². The van der Waals surface area contributed by atoms with Crippen molar-refractivity contribution in [3.8, 4) is 0 Å². The quantitative estimate of drug-likeness (QED) is 0.775. The lowest BCUT2D eigenvalue weighted by Crippen LogP contribution is -2.34. The van der Waals surface area contributed by atoms with Crippen LogP contribution in [0.2, 0.25) is 0 Å². The molecule has 0 saturated heterocycles. The lowest BCUT2D eigenvalue weighted by atomic mass is 10.2. The van der Waals surface area contributed by atoms with E-state index < -0.39 is 5.60 Å². The lowest BCUT2D eigenvalue weighted by Gasteiger charge is -2.24. The van der Waals surface area contributed by atoms with Crippen LogP contribution in [0.15, 0.2) is 28.7 Å². The molecule has 4 nitrogen and oxygen atoms in total. The van der Waals surface area contributed by atoms with Gasteiger partial charge in [-0.3, -0.25) is 4.90 Å². The summed E-state index contributed by atoms with van der Waals surface area (Å²) in [6.45, 7) is 7.45. The first kappa shape index (κ1) is 13.5. The van der Waals surface area contributed by atoms with E-state index in [0.29, 0.717) is 0 Å². The first-order valence-corrected chi connectivity index (χ1v) is 6.23. The number of carbonyl (C=O) groups excluding carboxylic acids is 1. The van der Waals surface area contributed by atoms with Crippen LogP contribution in [-0.4, -0.2) is 18.7 Å². The minimum absolute atomic E-state index is 0.368. The molecule has 0 aliphatic carbocycles. The number of aryl methyl sites for hydroxylation is 1. The molecule has 1 amide bonds. The van der Waals surface area contributed by atoms with Gasteiger partial charge in [0.15, 0.2) is 0 Å². The highest BCUT2D eigenvalue weighted by Gasteiger charge is 2.20. The summed E-state index contributed by atoms with van der Waals surface area (Å²) in [5.41, 5.74) is 1.10. The second-order valence-corrected chi connectivity index (χ2v) is 5.62. The van der Waals surface area contributed by atoms with Crippen LogP contribution in [-0.2, 0) is 4.74 Å². The maximum Gasteiger partial charge on any atom is 0.414 e. The lowest BCUT2D eigenvalue weighted by molar-refractivity contribution is 0.0589. The molecular formula is C15H19NO3. The standard InChI is InChI=1S/C15H19NO3/c1-10-8-11-9-12(6-7-13(11)18-10)16(5)14(17)19-15(2,3)4/h6-9H,1-5H3. The van der Waals surface area contributed by atoms with Gasteiger partial charge in [-0.2, -0.15) is 0 Å². The molecule has 0 aliphatic rings. The van der Waals surface area contributed by atoms with Gasteiger partial charge in [-0.1, -0.05) is 0 Å². The maximum absolute atomic E-state index is 12.0. The van der Waals surface area contributed by atoms with Gasteiger partial charge in [0.1, 0.15) is 16.9 Å². The number of carbonyl (C=O) groups is 1. The average molecular weight is 261 g/mol. The number of anilines is 1. The summed E-state index contributed by atoms with van der Waals surface area (Å²) >= 11 is 0. The zero-order valence-electron chi connectivity index (χ0n) is 12.0. The van der Waals surface area contributed by atoms with Gasteiger partial charge in [-0.25, -0.2) is 4.79 Å². The molecule has 4 heteroatoms. The minimum Gasteiger partial charge on any atom is -0.461 e. The number of nitrogens with zero attached hydrogens (tertiary/aromatic N) is 1. The minimum atomic E-state index is -0.498. The smallest absolute Gasteiger partial charge is 0.414 e. The number of amides is 1. The summed E-state index contributed by atoms with van der Waals surface area (Å²) in [6, 6.07) is 7.56. The molecule has 0 N–H and O–H groups in total. The Bertz CT molecular complexity index is 607. The van der Waals surface area contributed by atoms with Crippen molar-refractivity contribution in [3.05, 3.63) is 30.0 Å². The molecule has 0 atom stereocenters. The van der Waals surface area contributed by atoms with Gasteiger partial charge in [-0.05, 0) is 52.0 Å². The molecular weight excluding hydrogens is 242 g/mol. The van der Waals surface area contributed by atoms with E-state index in [4.69, 9.17) is 9.15 Å². The van der Waals surface area contributed by atoms with Crippen molar-refractivity contribution < 1.29 is 13.9 Å².